The van der Waals surface area contributed by atoms with Gasteiger partial charge in [-0.1, -0.05) is 0 Å². The van der Waals surface area contributed by atoms with E-state index in [1.54, 1.807) is 6.07 Å². The van der Waals surface area contributed by atoms with Gasteiger partial charge in [0, 0.05) is 17.5 Å². The number of nitrogens with zero attached hydrogens (tertiary/aromatic N) is 1. The summed E-state index contributed by atoms with van der Waals surface area (Å²) in [4.78, 5) is 25.8. The van der Waals surface area contributed by atoms with Crippen LogP contribution in [0.1, 0.15) is 79.6 Å². The number of hydrogen-bond acceptors (Lipinski definition) is 3. The summed E-state index contributed by atoms with van der Waals surface area (Å²) < 4.78 is 21.8. The quantitative estimate of drug-likeness (QED) is 0.629. The van der Waals surface area contributed by atoms with Gasteiger partial charge >= 0.3 is 5.97 Å². The average Bonchev–Trinajstić information content (AvgIpc) is 3.43. The van der Waals surface area contributed by atoms with Gasteiger partial charge in [0.25, 0.3) is 5.91 Å². The molecule has 5 saturated carbocycles. The molecular formula is C25H29ClFNO4. The van der Waals surface area contributed by atoms with Crippen molar-refractivity contribution in [2.45, 2.75) is 80.7 Å². The zero-order chi connectivity index (χ0) is 22.2. The van der Waals surface area contributed by atoms with Gasteiger partial charge in [-0.2, -0.15) is 0 Å². The number of amides is 1. The molecule has 7 heteroatoms. The fraction of sp³-hybridized carbons (Fsp3) is 0.680. The van der Waals surface area contributed by atoms with Crippen LogP contribution in [-0.4, -0.2) is 45.4 Å². The maximum Gasteiger partial charge on any atom is 0.326 e. The summed E-state index contributed by atoms with van der Waals surface area (Å²) >= 11 is 6.87. The smallest absolute Gasteiger partial charge is 0.326 e. The molecule has 0 aromatic heterocycles. The van der Waals surface area contributed by atoms with Crippen molar-refractivity contribution in [2.24, 2.45) is 17.8 Å². The first kappa shape index (κ1) is 20.8. The normalized spacial score (nSPS) is 37.7. The number of ether oxygens (including phenoxy) is 1. The van der Waals surface area contributed by atoms with Crippen LogP contribution < -0.4 is 4.74 Å². The molecule has 6 atom stereocenters. The van der Waals surface area contributed by atoms with Crippen LogP contribution in [0, 0.1) is 23.6 Å². The minimum atomic E-state index is -1.03. The van der Waals surface area contributed by atoms with Crippen LogP contribution >= 0.6 is 11.6 Å². The van der Waals surface area contributed by atoms with E-state index in [0.717, 1.165) is 50.5 Å². The summed E-state index contributed by atoms with van der Waals surface area (Å²) in [6, 6.07) is 2.15. The molecule has 1 amide bonds. The number of alkyl halides is 1. The SMILES string of the molecule is O=C(O)[C@@H]1CCCN1C(=O)c1cc(C2CC2)c(O[C@H]2[C@@H]3C[C@H]4C[C@H]2C[C@@](Cl)(C4)C3)cc1F. The average molecular weight is 462 g/mol. The highest BCUT2D eigenvalue weighted by Crippen LogP contribution is 2.59. The third-order valence-electron chi connectivity index (χ3n) is 8.52. The lowest BCUT2D eigenvalue weighted by Gasteiger charge is -2.57. The van der Waals surface area contributed by atoms with Crippen LogP contribution in [0.25, 0.3) is 0 Å². The monoisotopic (exact) mass is 461 g/mol. The topological polar surface area (TPSA) is 66.8 Å². The van der Waals surface area contributed by atoms with Crippen molar-refractivity contribution in [1.29, 1.82) is 0 Å². The first-order chi connectivity index (χ1) is 15.3. The number of carboxylic acids is 1. The fourth-order valence-corrected chi connectivity index (χ4v) is 7.80. The molecule has 0 radical (unpaired) electrons. The van der Waals surface area contributed by atoms with Gasteiger partial charge in [-0.3, -0.25) is 4.79 Å². The number of carbonyl (C=O) groups is 2. The number of carbonyl (C=O) groups excluding carboxylic acids is 1. The molecule has 6 fully saturated rings. The van der Waals surface area contributed by atoms with Crippen molar-refractivity contribution < 1.29 is 23.8 Å². The molecule has 4 bridgehead atoms. The predicted molar refractivity (Wildman–Crippen MR) is 117 cm³/mol. The summed E-state index contributed by atoms with van der Waals surface area (Å²) in [6.45, 7) is 0.346. The van der Waals surface area contributed by atoms with Crippen LogP contribution in [0.5, 0.6) is 5.75 Å². The van der Waals surface area contributed by atoms with Crippen LogP contribution in [0.2, 0.25) is 0 Å². The van der Waals surface area contributed by atoms with Crippen LogP contribution in [0.4, 0.5) is 4.39 Å². The van der Waals surface area contributed by atoms with Gasteiger partial charge in [-0.25, -0.2) is 9.18 Å². The van der Waals surface area contributed by atoms with Crippen molar-refractivity contribution in [3.05, 3.63) is 29.1 Å². The number of halogens is 2. The van der Waals surface area contributed by atoms with Crippen molar-refractivity contribution in [1.82, 2.24) is 4.90 Å². The van der Waals surface area contributed by atoms with E-state index in [9.17, 15) is 14.7 Å². The Labute approximate surface area is 192 Å². The standard InChI is InChI=1S/C25H29ClFNO4/c26-25-10-13-6-15(11-25)22(16(7-13)12-25)32-21-9-19(27)18(8-17(21)14-3-4-14)23(29)28-5-1-2-20(28)24(30)31/h8-9,13-16,20,22H,1-7,10-12H2,(H,30,31)/t13-,15+,16-,20-,22-,25+/m0/s1. The van der Waals surface area contributed by atoms with E-state index < -0.39 is 23.7 Å². The van der Waals surface area contributed by atoms with Crippen LogP contribution in [-0.2, 0) is 4.79 Å². The van der Waals surface area contributed by atoms with Crippen LogP contribution in [0.3, 0.4) is 0 Å². The number of benzene rings is 1. The summed E-state index contributed by atoms with van der Waals surface area (Å²) in [5.74, 6) is 0.181. The van der Waals surface area contributed by atoms with Gasteiger partial charge in [0.05, 0.1) is 5.56 Å². The number of hydrogen-bond donors (Lipinski definition) is 1. The molecule has 1 saturated heterocycles. The van der Waals surface area contributed by atoms with E-state index in [4.69, 9.17) is 16.3 Å². The van der Waals surface area contributed by atoms with E-state index in [2.05, 4.69) is 0 Å². The lowest BCUT2D eigenvalue weighted by Crippen LogP contribution is -2.56. The Bertz CT molecular complexity index is 963. The molecule has 1 aliphatic heterocycles. The molecule has 6 aliphatic rings. The summed E-state index contributed by atoms with van der Waals surface area (Å²) in [6.07, 6.45) is 8.42. The largest absolute Gasteiger partial charge is 0.489 e. The molecule has 5 nitrogen and oxygen atoms in total. The van der Waals surface area contributed by atoms with Gasteiger partial charge in [0.15, 0.2) is 0 Å². The minimum absolute atomic E-state index is 0.0304. The Morgan fingerprint density at radius 2 is 1.84 bits per heavy atom. The first-order valence-corrected chi connectivity index (χ1v) is 12.4. The predicted octanol–water partition coefficient (Wildman–Crippen LogP) is 4.96. The Balaban J connectivity index is 1.29. The zero-order valence-corrected chi connectivity index (χ0v) is 18.8. The van der Waals surface area contributed by atoms with Gasteiger partial charge in [-0.05, 0) is 93.1 Å². The van der Waals surface area contributed by atoms with E-state index in [-0.39, 0.29) is 22.5 Å². The van der Waals surface area contributed by atoms with Crippen molar-refractivity contribution in [2.75, 3.05) is 6.54 Å². The first-order valence-electron chi connectivity index (χ1n) is 12.0. The second-order valence-electron chi connectivity index (χ2n) is 10.8. The van der Waals surface area contributed by atoms with E-state index in [0.29, 0.717) is 42.9 Å². The number of rotatable bonds is 5. The summed E-state index contributed by atoms with van der Waals surface area (Å²) in [7, 11) is 0. The third-order valence-corrected chi connectivity index (χ3v) is 8.98. The van der Waals surface area contributed by atoms with Gasteiger partial charge < -0.3 is 14.7 Å². The second-order valence-corrected chi connectivity index (χ2v) is 11.6. The number of carboxylic acid groups (broad SMARTS) is 1. The molecule has 172 valence electrons. The molecule has 7 rings (SSSR count). The zero-order valence-electron chi connectivity index (χ0n) is 18.1. The maximum absolute atomic E-state index is 15.2. The Morgan fingerprint density at radius 3 is 2.47 bits per heavy atom. The molecule has 1 aromatic carbocycles. The molecule has 32 heavy (non-hydrogen) atoms. The molecule has 1 aromatic rings. The third kappa shape index (κ3) is 3.41. The fourth-order valence-electron chi connectivity index (χ4n) is 7.19. The van der Waals surface area contributed by atoms with Gasteiger partial charge in [0.2, 0.25) is 0 Å². The molecule has 1 N–H and O–H groups in total. The van der Waals surface area contributed by atoms with Gasteiger partial charge in [-0.15, -0.1) is 11.6 Å². The molecule has 0 unspecified atom stereocenters. The van der Waals surface area contributed by atoms with Crippen molar-refractivity contribution in [3.8, 4) is 5.75 Å². The maximum atomic E-state index is 15.2. The van der Waals surface area contributed by atoms with E-state index in [1.807, 2.05) is 0 Å². The van der Waals surface area contributed by atoms with E-state index in [1.165, 1.54) is 11.0 Å². The lowest BCUT2D eigenvalue weighted by atomic mass is 9.54. The van der Waals surface area contributed by atoms with Gasteiger partial charge in [0.1, 0.15) is 23.7 Å². The Morgan fingerprint density at radius 1 is 1.12 bits per heavy atom. The Hall–Kier alpha value is -1.82. The van der Waals surface area contributed by atoms with Crippen LogP contribution in [0.15, 0.2) is 12.1 Å². The van der Waals surface area contributed by atoms with E-state index >= 15 is 4.39 Å². The highest BCUT2D eigenvalue weighted by Gasteiger charge is 2.56. The van der Waals surface area contributed by atoms with Crippen molar-refractivity contribution in [3.63, 3.8) is 0 Å². The second kappa shape index (κ2) is 7.34. The Kier molecular flexibility index (Phi) is 4.76. The molecule has 0 spiro atoms. The van der Waals surface area contributed by atoms with Crippen molar-refractivity contribution >= 4 is 23.5 Å². The highest BCUT2D eigenvalue weighted by atomic mass is 35.5. The lowest BCUT2D eigenvalue weighted by molar-refractivity contribution is -0.141. The molecular weight excluding hydrogens is 433 g/mol. The molecule has 5 aliphatic carbocycles. The summed E-state index contributed by atoms with van der Waals surface area (Å²) in [5, 5.41) is 9.43. The number of aliphatic carboxylic acids is 1. The number of likely N-dealkylation sites (tertiary alicyclic amines) is 1. The highest BCUT2D eigenvalue weighted by molar-refractivity contribution is 6.24. The molecule has 1 heterocycles. The minimum Gasteiger partial charge on any atom is -0.489 e. The summed E-state index contributed by atoms with van der Waals surface area (Å²) in [5.41, 5.74) is 0.868.